The van der Waals surface area contributed by atoms with Crippen LogP contribution >= 0.6 is 22.7 Å². The fraction of sp³-hybridized carbons (Fsp3) is 0.404. The Hall–Kier alpha value is -5.80. The zero-order valence-electron chi connectivity index (χ0n) is 35.8. The van der Waals surface area contributed by atoms with E-state index in [2.05, 4.69) is 67.8 Å². The summed E-state index contributed by atoms with van der Waals surface area (Å²) in [7, 11) is 2.61. The number of aromatic nitrogens is 4. The summed E-state index contributed by atoms with van der Waals surface area (Å²) >= 11 is 3.49. The first-order valence-corrected chi connectivity index (χ1v) is 23.0. The number of Topliss-reactive ketones (excluding diaryl/α,β-unsaturated/α-hetero) is 1. The number of nitrogens with one attached hydrogen (secondary N) is 4. The number of methoxy groups -OCH3 is 2. The van der Waals surface area contributed by atoms with Crippen molar-refractivity contribution < 1.29 is 28.7 Å². The smallest absolute Gasteiger partial charge is 0.407 e. The molecule has 0 radical (unpaired) electrons. The van der Waals surface area contributed by atoms with E-state index in [1.165, 1.54) is 34.7 Å². The molecule has 1 saturated carbocycles. The highest BCUT2D eigenvalue weighted by Crippen LogP contribution is 2.45. The highest BCUT2D eigenvalue weighted by atomic mass is 32.1. The number of aromatic amines is 2. The van der Waals surface area contributed by atoms with Gasteiger partial charge in [-0.2, -0.15) is 0 Å². The average molecular weight is 876 g/mol. The van der Waals surface area contributed by atoms with Crippen molar-refractivity contribution in [3.05, 3.63) is 83.2 Å². The lowest BCUT2D eigenvalue weighted by Gasteiger charge is -2.29. The van der Waals surface area contributed by atoms with Crippen LogP contribution in [0.5, 0.6) is 0 Å². The molecule has 15 heteroatoms. The minimum absolute atomic E-state index is 0.0223. The molecule has 5 atom stereocenters. The van der Waals surface area contributed by atoms with Gasteiger partial charge in [0.2, 0.25) is 5.91 Å². The monoisotopic (exact) mass is 875 g/mol. The first-order valence-electron chi connectivity index (χ1n) is 21.3. The van der Waals surface area contributed by atoms with Crippen molar-refractivity contribution in [3.8, 4) is 33.5 Å². The average Bonchev–Trinajstić information content (AvgIpc) is 4.12. The predicted molar refractivity (Wildman–Crippen MR) is 244 cm³/mol. The topological polar surface area (TPSA) is 171 Å². The maximum absolute atomic E-state index is 13.7. The van der Waals surface area contributed by atoms with E-state index in [1.807, 2.05) is 52.1 Å². The van der Waals surface area contributed by atoms with Gasteiger partial charge in [0.15, 0.2) is 5.78 Å². The van der Waals surface area contributed by atoms with Crippen molar-refractivity contribution >= 4 is 67.0 Å². The molecule has 2 aromatic carbocycles. The second-order valence-electron chi connectivity index (χ2n) is 17.0. The number of H-pyrrole nitrogens is 2. The van der Waals surface area contributed by atoms with Gasteiger partial charge in [-0.05, 0) is 66.3 Å². The Labute approximate surface area is 368 Å². The largest absolute Gasteiger partial charge is 0.453 e. The lowest BCUT2D eigenvalue weighted by atomic mass is 9.86. The van der Waals surface area contributed by atoms with E-state index in [4.69, 9.17) is 19.4 Å². The summed E-state index contributed by atoms with van der Waals surface area (Å²) in [6.07, 6.45) is 8.93. The molecule has 8 rings (SSSR count). The number of thiophene rings is 2. The van der Waals surface area contributed by atoms with Gasteiger partial charge < -0.3 is 35.0 Å². The van der Waals surface area contributed by atoms with Crippen LogP contribution in [0, 0.1) is 17.8 Å². The zero-order valence-corrected chi connectivity index (χ0v) is 37.5. The molecule has 62 heavy (non-hydrogen) atoms. The van der Waals surface area contributed by atoms with Crippen LogP contribution in [0.25, 0.3) is 53.9 Å². The van der Waals surface area contributed by atoms with Crippen LogP contribution in [0.3, 0.4) is 0 Å². The Morgan fingerprint density at radius 3 is 2.10 bits per heavy atom. The van der Waals surface area contributed by atoms with Crippen LogP contribution in [0.15, 0.2) is 71.6 Å². The number of ether oxygens (including phenoxy) is 2. The number of rotatable bonds is 12. The van der Waals surface area contributed by atoms with Gasteiger partial charge in [0, 0.05) is 40.3 Å². The van der Waals surface area contributed by atoms with Crippen molar-refractivity contribution in [2.75, 3.05) is 20.8 Å². The lowest BCUT2D eigenvalue weighted by Crippen LogP contribution is -2.51. The van der Waals surface area contributed by atoms with Crippen molar-refractivity contribution in [1.82, 2.24) is 35.5 Å². The Kier molecular flexibility index (Phi) is 12.6. The molecule has 324 valence electrons. The van der Waals surface area contributed by atoms with Crippen LogP contribution in [-0.4, -0.2) is 81.6 Å². The fourth-order valence-corrected chi connectivity index (χ4v) is 11.3. The third-order valence-corrected chi connectivity index (χ3v) is 14.5. The van der Waals surface area contributed by atoms with Crippen LogP contribution < -0.4 is 10.6 Å². The maximum atomic E-state index is 13.7. The van der Waals surface area contributed by atoms with E-state index in [0.29, 0.717) is 12.4 Å². The molecule has 0 saturated heterocycles. The molecule has 2 aliphatic rings. The van der Waals surface area contributed by atoms with Gasteiger partial charge in [-0.3, -0.25) is 9.59 Å². The lowest BCUT2D eigenvalue weighted by molar-refractivity contribution is -0.135. The van der Waals surface area contributed by atoms with Crippen molar-refractivity contribution in [2.45, 2.75) is 83.8 Å². The SMILES string of the molecule is COC(=O)N[C@H](C(=O)C1CCCC(c2ncc(-c3ccc(-c4csc5c(-c6ccc7nc(C8C=CCN8C(=O)[C@@H](NC(=O)OC)C(C)C)[nH]c7c6)csc45)cc3)[nH]2)CC1)C(C)C. The summed E-state index contributed by atoms with van der Waals surface area (Å²) < 4.78 is 12.0. The quantitative estimate of drug-likeness (QED) is 0.0695. The van der Waals surface area contributed by atoms with Gasteiger partial charge in [-0.1, -0.05) is 76.6 Å². The molecule has 3 amide bonds. The molecule has 6 aromatic rings. The third kappa shape index (κ3) is 8.65. The summed E-state index contributed by atoms with van der Waals surface area (Å²) in [4.78, 5) is 69.6. The summed E-state index contributed by atoms with van der Waals surface area (Å²) in [6.45, 7) is 8.11. The Morgan fingerprint density at radius 2 is 1.42 bits per heavy atom. The highest BCUT2D eigenvalue weighted by molar-refractivity contribution is 7.27. The molecule has 4 aromatic heterocycles. The molecule has 1 aliphatic carbocycles. The van der Waals surface area contributed by atoms with Crippen LogP contribution in [-0.2, 0) is 19.1 Å². The number of benzene rings is 2. The number of ketones is 1. The Balaban J connectivity index is 0.941. The number of nitrogens with zero attached hydrogens (tertiary/aromatic N) is 3. The molecule has 3 unspecified atom stereocenters. The molecule has 4 N–H and O–H groups in total. The summed E-state index contributed by atoms with van der Waals surface area (Å²) in [5, 5.41) is 9.90. The number of fused-ring (bicyclic) bond motifs is 2. The minimum Gasteiger partial charge on any atom is -0.453 e. The molecular weight excluding hydrogens is 823 g/mol. The van der Waals surface area contributed by atoms with E-state index in [9.17, 15) is 19.2 Å². The number of imidazole rings is 2. The standard InChI is InChI=1S/C47H53N7O6S2/c1-25(2)38(52-46(57)59-5)40(55)29-9-7-10-30(17-16-29)43-48-22-36(51-43)28-14-12-27(13-15-28)32-23-61-42-33(24-62-41(32)42)31-18-19-34-35(21-31)50-44(49-34)37-11-8-20-54(37)45(56)39(26(3)4)53-47(58)60-6/h8,11-15,18-19,21-26,29-30,37-39H,7,9-10,16-17,20H2,1-6H3,(H,48,51)(H,49,50)(H,52,57)(H,53,58)/t29?,30?,37?,38-,39-/m0/s1. The first kappa shape index (κ1) is 42.9. The third-order valence-electron chi connectivity index (χ3n) is 12.3. The van der Waals surface area contributed by atoms with Gasteiger partial charge in [-0.25, -0.2) is 19.6 Å². The normalized spacial score (nSPS) is 18.9. The van der Waals surface area contributed by atoms with Crippen molar-refractivity contribution in [3.63, 3.8) is 0 Å². The van der Waals surface area contributed by atoms with E-state index in [-0.39, 0.29) is 41.4 Å². The number of hydrogen-bond acceptors (Lipinski definition) is 10. The summed E-state index contributed by atoms with van der Waals surface area (Å²) in [5.41, 5.74) is 8.32. The van der Waals surface area contributed by atoms with Gasteiger partial charge >= 0.3 is 12.2 Å². The Morgan fingerprint density at radius 1 is 0.774 bits per heavy atom. The second-order valence-corrected chi connectivity index (χ2v) is 18.7. The van der Waals surface area contributed by atoms with E-state index < -0.39 is 24.3 Å². The minimum atomic E-state index is -0.726. The first-order chi connectivity index (χ1) is 29.9. The second kappa shape index (κ2) is 18.3. The molecular formula is C47H53N7O6S2. The zero-order chi connectivity index (χ0) is 43.7. The Bertz CT molecular complexity index is 2620. The van der Waals surface area contributed by atoms with E-state index >= 15 is 0 Å². The number of carbonyl (C=O) groups excluding carboxylic acids is 4. The van der Waals surface area contributed by atoms with E-state index in [0.717, 1.165) is 71.3 Å². The van der Waals surface area contributed by atoms with Crippen molar-refractivity contribution in [1.29, 1.82) is 0 Å². The molecule has 5 heterocycles. The molecule has 13 nitrogen and oxygen atoms in total. The number of amides is 3. The van der Waals surface area contributed by atoms with Gasteiger partial charge in [0.05, 0.1) is 52.6 Å². The molecule has 0 spiro atoms. The number of carbonyl (C=O) groups is 4. The fourth-order valence-electron chi connectivity index (χ4n) is 8.81. The summed E-state index contributed by atoms with van der Waals surface area (Å²) in [6, 6.07) is 13.2. The van der Waals surface area contributed by atoms with E-state index in [1.54, 1.807) is 27.6 Å². The van der Waals surface area contributed by atoms with Crippen LogP contribution in [0.1, 0.15) is 83.4 Å². The number of hydrogen-bond donors (Lipinski definition) is 4. The molecule has 1 aliphatic heterocycles. The predicted octanol–water partition coefficient (Wildman–Crippen LogP) is 10.00. The molecule has 1 fully saturated rings. The van der Waals surface area contributed by atoms with Gasteiger partial charge in [0.25, 0.3) is 0 Å². The number of alkyl carbamates (subject to hydrolysis) is 2. The molecule has 0 bridgehead atoms. The van der Waals surface area contributed by atoms with Gasteiger partial charge in [-0.15, -0.1) is 22.7 Å². The maximum Gasteiger partial charge on any atom is 0.407 e. The van der Waals surface area contributed by atoms with Crippen molar-refractivity contribution in [2.24, 2.45) is 17.8 Å². The van der Waals surface area contributed by atoms with Gasteiger partial charge in [0.1, 0.15) is 23.7 Å². The highest BCUT2D eigenvalue weighted by Gasteiger charge is 2.36. The van der Waals surface area contributed by atoms with Crippen LogP contribution in [0.2, 0.25) is 0 Å². The summed E-state index contributed by atoms with van der Waals surface area (Å²) in [5.74, 6) is 1.51. The van der Waals surface area contributed by atoms with Crippen LogP contribution in [0.4, 0.5) is 9.59 Å².